The van der Waals surface area contributed by atoms with Gasteiger partial charge >= 0.3 is 0 Å². The highest BCUT2D eigenvalue weighted by atomic mass is 16.5. The van der Waals surface area contributed by atoms with Crippen LogP contribution in [0.5, 0.6) is 5.75 Å². The standard InChI is InChI=1S/C16H23NO3/c1-2-14(18)9-10-17-16(19)13-5-7-15(8-6-13)20-11-12-3-4-12/h5-8,12,14,18H,2-4,9-11H2,1H3,(H,17,19). The average molecular weight is 277 g/mol. The van der Waals surface area contributed by atoms with Gasteiger partial charge in [0.25, 0.3) is 5.91 Å². The van der Waals surface area contributed by atoms with Gasteiger partial charge < -0.3 is 15.2 Å². The zero-order chi connectivity index (χ0) is 14.4. The first kappa shape index (κ1) is 14.9. The number of hydrogen-bond donors (Lipinski definition) is 2. The van der Waals surface area contributed by atoms with Crippen molar-refractivity contribution in [3.05, 3.63) is 29.8 Å². The summed E-state index contributed by atoms with van der Waals surface area (Å²) in [4.78, 5) is 11.9. The number of carbonyl (C=O) groups excluding carboxylic acids is 1. The van der Waals surface area contributed by atoms with Crippen LogP contribution in [0.4, 0.5) is 0 Å². The molecule has 0 bridgehead atoms. The molecule has 1 aromatic rings. The molecule has 1 saturated carbocycles. The van der Waals surface area contributed by atoms with Crippen molar-refractivity contribution in [2.45, 2.75) is 38.7 Å². The van der Waals surface area contributed by atoms with E-state index < -0.39 is 0 Å². The first-order valence-electron chi connectivity index (χ1n) is 7.38. The number of hydrogen-bond acceptors (Lipinski definition) is 3. The summed E-state index contributed by atoms with van der Waals surface area (Å²) in [5.41, 5.74) is 0.620. The molecule has 1 atom stereocenters. The minimum absolute atomic E-state index is 0.109. The van der Waals surface area contributed by atoms with Gasteiger partial charge in [-0.15, -0.1) is 0 Å². The summed E-state index contributed by atoms with van der Waals surface area (Å²) in [6.07, 6.45) is 3.50. The molecule has 1 unspecified atom stereocenters. The maximum atomic E-state index is 11.9. The van der Waals surface area contributed by atoms with Gasteiger partial charge in [0.2, 0.25) is 0 Å². The predicted octanol–water partition coefficient (Wildman–Crippen LogP) is 2.37. The SMILES string of the molecule is CCC(O)CCNC(=O)c1ccc(OCC2CC2)cc1. The molecular weight excluding hydrogens is 254 g/mol. The second kappa shape index (κ2) is 7.29. The number of benzene rings is 1. The van der Waals surface area contributed by atoms with Crippen molar-refractivity contribution in [2.75, 3.05) is 13.2 Å². The van der Waals surface area contributed by atoms with E-state index in [-0.39, 0.29) is 12.0 Å². The van der Waals surface area contributed by atoms with Crippen LogP contribution >= 0.6 is 0 Å². The molecule has 0 saturated heterocycles. The third kappa shape index (κ3) is 4.85. The van der Waals surface area contributed by atoms with E-state index in [2.05, 4.69) is 5.32 Å². The monoisotopic (exact) mass is 277 g/mol. The maximum absolute atomic E-state index is 11.9. The highest BCUT2D eigenvalue weighted by Gasteiger charge is 2.21. The largest absolute Gasteiger partial charge is 0.493 e. The van der Waals surface area contributed by atoms with E-state index in [0.717, 1.165) is 18.3 Å². The van der Waals surface area contributed by atoms with Crippen molar-refractivity contribution >= 4 is 5.91 Å². The van der Waals surface area contributed by atoms with Gasteiger partial charge in [-0.25, -0.2) is 0 Å². The van der Waals surface area contributed by atoms with Crippen LogP contribution in [0, 0.1) is 5.92 Å². The fourth-order valence-corrected chi connectivity index (χ4v) is 1.86. The Kier molecular flexibility index (Phi) is 5.41. The molecule has 1 fully saturated rings. The van der Waals surface area contributed by atoms with Crippen molar-refractivity contribution in [2.24, 2.45) is 5.92 Å². The Morgan fingerprint density at radius 2 is 2.10 bits per heavy atom. The zero-order valence-corrected chi connectivity index (χ0v) is 12.0. The van der Waals surface area contributed by atoms with E-state index >= 15 is 0 Å². The summed E-state index contributed by atoms with van der Waals surface area (Å²) < 4.78 is 5.63. The van der Waals surface area contributed by atoms with Gasteiger partial charge in [0.05, 0.1) is 12.7 Å². The Morgan fingerprint density at radius 1 is 1.40 bits per heavy atom. The lowest BCUT2D eigenvalue weighted by atomic mass is 10.2. The van der Waals surface area contributed by atoms with E-state index in [4.69, 9.17) is 4.74 Å². The Bertz CT molecular complexity index is 426. The van der Waals surface area contributed by atoms with Crippen LogP contribution in [-0.2, 0) is 0 Å². The summed E-state index contributed by atoms with van der Waals surface area (Å²) in [7, 11) is 0. The minimum Gasteiger partial charge on any atom is -0.493 e. The number of amides is 1. The maximum Gasteiger partial charge on any atom is 0.251 e. The number of aliphatic hydroxyl groups excluding tert-OH is 1. The molecule has 2 N–H and O–H groups in total. The quantitative estimate of drug-likeness (QED) is 0.767. The van der Waals surface area contributed by atoms with E-state index in [9.17, 15) is 9.90 Å². The van der Waals surface area contributed by atoms with Crippen LogP contribution in [0.3, 0.4) is 0 Å². The Balaban J connectivity index is 1.74. The molecule has 0 aliphatic heterocycles. The average Bonchev–Trinajstić information content (AvgIpc) is 3.29. The van der Waals surface area contributed by atoms with Crippen molar-refractivity contribution in [1.82, 2.24) is 5.32 Å². The number of aliphatic hydroxyl groups is 1. The number of rotatable bonds is 8. The van der Waals surface area contributed by atoms with E-state index in [1.165, 1.54) is 12.8 Å². The summed E-state index contributed by atoms with van der Waals surface area (Å²) in [6.45, 7) is 3.20. The molecule has 2 rings (SSSR count). The lowest BCUT2D eigenvalue weighted by Gasteiger charge is -2.09. The lowest BCUT2D eigenvalue weighted by Crippen LogP contribution is -2.26. The molecule has 0 heterocycles. The third-order valence-electron chi connectivity index (χ3n) is 3.53. The summed E-state index contributed by atoms with van der Waals surface area (Å²) in [5.74, 6) is 1.43. The van der Waals surface area contributed by atoms with Gasteiger partial charge in [-0.1, -0.05) is 6.92 Å². The molecule has 4 nitrogen and oxygen atoms in total. The molecule has 110 valence electrons. The third-order valence-corrected chi connectivity index (χ3v) is 3.53. The van der Waals surface area contributed by atoms with Crippen LogP contribution < -0.4 is 10.1 Å². The second-order valence-corrected chi connectivity index (χ2v) is 5.39. The van der Waals surface area contributed by atoms with Crippen LogP contribution in [-0.4, -0.2) is 30.3 Å². The molecule has 1 aliphatic carbocycles. The van der Waals surface area contributed by atoms with Crippen molar-refractivity contribution in [3.63, 3.8) is 0 Å². The molecule has 1 aliphatic rings. The fraction of sp³-hybridized carbons (Fsp3) is 0.562. The molecule has 1 aromatic carbocycles. The molecule has 4 heteroatoms. The van der Waals surface area contributed by atoms with Crippen LogP contribution in [0.1, 0.15) is 43.0 Å². The van der Waals surface area contributed by atoms with Crippen molar-refractivity contribution < 1.29 is 14.6 Å². The molecule has 1 amide bonds. The minimum atomic E-state index is -0.339. The summed E-state index contributed by atoms with van der Waals surface area (Å²) in [5, 5.41) is 12.2. The molecule has 0 aromatic heterocycles. The van der Waals surface area contributed by atoms with Gasteiger partial charge in [0.1, 0.15) is 5.75 Å². The van der Waals surface area contributed by atoms with Crippen molar-refractivity contribution in [1.29, 1.82) is 0 Å². The normalized spacial score (nSPS) is 15.7. The number of nitrogens with one attached hydrogen (secondary N) is 1. The Labute approximate surface area is 120 Å². The van der Waals surface area contributed by atoms with Crippen LogP contribution in [0.2, 0.25) is 0 Å². The second-order valence-electron chi connectivity index (χ2n) is 5.39. The van der Waals surface area contributed by atoms with Crippen molar-refractivity contribution in [3.8, 4) is 5.75 Å². The smallest absolute Gasteiger partial charge is 0.251 e. The summed E-state index contributed by atoms with van der Waals surface area (Å²) >= 11 is 0. The Morgan fingerprint density at radius 3 is 2.70 bits per heavy atom. The van der Waals surface area contributed by atoms with Gasteiger partial charge in [-0.3, -0.25) is 4.79 Å². The Hall–Kier alpha value is -1.55. The molecule has 0 spiro atoms. The lowest BCUT2D eigenvalue weighted by molar-refractivity contribution is 0.0942. The molecular formula is C16H23NO3. The first-order chi connectivity index (χ1) is 9.69. The van der Waals surface area contributed by atoms with Gasteiger partial charge in [0.15, 0.2) is 0 Å². The zero-order valence-electron chi connectivity index (χ0n) is 12.0. The van der Waals surface area contributed by atoms with Gasteiger partial charge in [-0.05, 0) is 55.9 Å². The fourth-order valence-electron chi connectivity index (χ4n) is 1.86. The first-order valence-corrected chi connectivity index (χ1v) is 7.38. The highest BCUT2D eigenvalue weighted by molar-refractivity contribution is 5.94. The summed E-state index contributed by atoms with van der Waals surface area (Å²) in [6, 6.07) is 7.21. The van der Waals surface area contributed by atoms with Crippen LogP contribution in [0.15, 0.2) is 24.3 Å². The number of ether oxygens (including phenoxy) is 1. The topological polar surface area (TPSA) is 58.6 Å². The molecule has 20 heavy (non-hydrogen) atoms. The number of carbonyl (C=O) groups is 1. The van der Waals surface area contributed by atoms with E-state index in [1.807, 2.05) is 19.1 Å². The van der Waals surface area contributed by atoms with Gasteiger partial charge in [0, 0.05) is 12.1 Å². The van der Waals surface area contributed by atoms with Gasteiger partial charge in [-0.2, -0.15) is 0 Å². The van der Waals surface area contributed by atoms with E-state index in [1.54, 1.807) is 12.1 Å². The van der Waals surface area contributed by atoms with E-state index in [0.29, 0.717) is 24.9 Å². The predicted molar refractivity (Wildman–Crippen MR) is 77.9 cm³/mol. The highest BCUT2D eigenvalue weighted by Crippen LogP contribution is 2.29. The molecule has 0 radical (unpaired) electrons. The van der Waals surface area contributed by atoms with Crippen LogP contribution in [0.25, 0.3) is 0 Å².